The minimum Gasteiger partial charge on any atom is -0.396 e. The molecule has 0 saturated heterocycles. The van der Waals surface area contributed by atoms with Gasteiger partial charge in [0.25, 0.3) is 0 Å². The van der Waals surface area contributed by atoms with Crippen molar-refractivity contribution in [1.82, 2.24) is 0 Å². The average molecular weight is 255 g/mol. The third kappa shape index (κ3) is 1.93. The van der Waals surface area contributed by atoms with Crippen LogP contribution in [0.2, 0.25) is 0 Å². The van der Waals surface area contributed by atoms with Crippen LogP contribution in [0, 0.1) is 11.6 Å². The van der Waals surface area contributed by atoms with Crippen LogP contribution in [0.15, 0.2) is 54.6 Å². The highest BCUT2D eigenvalue weighted by molar-refractivity contribution is 5.96. The number of benzene rings is 3. The molecular formula is C16H11F2N. The van der Waals surface area contributed by atoms with Crippen molar-refractivity contribution in [3.63, 3.8) is 0 Å². The zero-order valence-corrected chi connectivity index (χ0v) is 10.0. The fourth-order valence-corrected chi connectivity index (χ4v) is 2.23. The summed E-state index contributed by atoms with van der Waals surface area (Å²) in [5, 5.41) is 1.87. The standard InChI is InChI=1S/C16H11F2N/c17-14-9-16(19)15(18)8-13(14)12-7-3-5-10-4-1-2-6-11(10)12/h1-9H,19H2. The minimum atomic E-state index is -0.607. The number of rotatable bonds is 1. The van der Waals surface area contributed by atoms with E-state index in [9.17, 15) is 8.78 Å². The molecule has 94 valence electrons. The van der Waals surface area contributed by atoms with Crippen LogP contribution in [0.25, 0.3) is 21.9 Å². The van der Waals surface area contributed by atoms with E-state index in [0.29, 0.717) is 5.56 Å². The molecule has 0 radical (unpaired) electrons. The van der Waals surface area contributed by atoms with Gasteiger partial charge < -0.3 is 5.73 Å². The van der Waals surface area contributed by atoms with Gasteiger partial charge in [0.2, 0.25) is 0 Å². The van der Waals surface area contributed by atoms with Gasteiger partial charge in [-0.3, -0.25) is 0 Å². The summed E-state index contributed by atoms with van der Waals surface area (Å²) >= 11 is 0. The fraction of sp³-hybridized carbons (Fsp3) is 0. The van der Waals surface area contributed by atoms with Gasteiger partial charge in [-0.05, 0) is 22.4 Å². The zero-order valence-electron chi connectivity index (χ0n) is 10.0. The number of halogens is 2. The molecule has 3 aromatic rings. The highest BCUT2D eigenvalue weighted by atomic mass is 19.1. The Labute approximate surface area is 109 Å². The summed E-state index contributed by atoms with van der Waals surface area (Å²) in [5.41, 5.74) is 6.07. The summed E-state index contributed by atoms with van der Waals surface area (Å²) < 4.78 is 27.6. The van der Waals surface area contributed by atoms with Gasteiger partial charge in [-0.15, -0.1) is 0 Å². The Morgan fingerprint density at radius 1 is 0.737 bits per heavy atom. The number of anilines is 1. The molecule has 0 aliphatic carbocycles. The molecule has 3 heteroatoms. The molecule has 0 atom stereocenters. The van der Waals surface area contributed by atoms with Gasteiger partial charge >= 0.3 is 0 Å². The van der Waals surface area contributed by atoms with E-state index in [2.05, 4.69) is 0 Å². The van der Waals surface area contributed by atoms with Crippen molar-refractivity contribution >= 4 is 16.5 Å². The van der Waals surface area contributed by atoms with E-state index in [1.54, 1.807) is 6.07 Å². The Morgan fingerprint density at radius 3 is 2.32 bits per heavy atom. The van der Waals surface area contributed by atoms with E-state index in [1.807, 2.05) is 36.4 Å². The third-order valence-electron chi connectivity index (χ3n) is 3.17. The topological polar surface area (TPSA) is 26.0 Å². The van der Waals surface area contributed by atoms with Gasteiger partial charge in [-0.2, -0.15) is 0 Å². The number of nitrogen functional groups attached to an aromatic ring is 1. The van der Waals surface area contributed by atoms with Crippen molar-refractivity contribution in [2.24, 2.45) is 0 Å². The molecule has 0 aliphatic rings. The van der Waals surface area contributed by atoms with Crippen molar-refractivity contribution in [3.05, 3.63) is 66.2 Å². The van der Waals surface area contributed by atoms with Crippen LogP contribution in [0.4, 0.5) is 14.5 Å². The van der Waals surface area contributed by atoms with Gasteiger partial charge in [0.1, 0.15) is 11.6 Å². The molecule has 2 N–H and O–H groups in total. The second-order valence-electron chi connectivity index (χ2n) is 4.38. The highest BCUT2D eigenvalue weighted by Crippen LogP contribution is 2.32. The van der Waals surface area contributed by atoms with Crippen molar-refractivity contribution in [3.8, 4) is 11.1 Å². The smallest absolute Gasteiger partial charge is 0.146 e. The van der Waals surface area contributed by atoms with E-state index in [4.69, 9.17) is 5.73 Å². The quantitative estimate of drug-likeness (QED) is 0.642. The second kappa shape index (κ2) is 4.35. The maximum Gasteiger partial charge on any atom is 0.146 e. The Balaban J connectivity index is 2.33. The Hall–Kier alpha value is -2.42. The molecule has 0 bridgehead atoms. The predicted molar refractivity (Wildman–Crippen MR) is 73.7 cm³/mol. The molecule has 3 aromatic carbocycles. The molecular weight excluding hydrogens is 244 g/mol. The summed E-state index contributed by atoms with van der Waals surface area (Å²) in [6.45, 7) is 0. The lowest BCUT2D eigenvalue weighted by Crippen LogP contribution is -1.95. The SMILES string of the molecule is Nc1cc(F)c(-c2cccc3ccccc23)cc1F. The van der Waals surface area contributed by atoms with Crippen LogP contribution in [-0.2, 0) is 0 Å². The summed E-state index contributed by atoms with van der Waals surface area (Å²) in [7, 11) is 0. The van der Waals surface area contributed by atoms with E-state index < -0.39 is 11.6 Å². The summed E-state index contributed by atoms with van der Waals surface area (Å²) in [6.07, 6.45) is 0. The number of nitrogens with two attached hydrogens (primary N) is 1. The van der Waals surface area contributed by atoms with Crippen LogP contribution in [0.5, 0.6) is 0 Å². The maximum atomic E-state index is 14.0. The van der Waals surface area contributed by atoms with Crippen LogP contribution < -0.4 is 5.73 Å². The van der Waals surface area contributed by atoms with Crippen molar-refractivity contribution < 1.29 is 8.78 Å². The molecule has 0 spiro atoms. The Kier molecular flexibility index (Phi) is 2.67. The first-order chi connectivity index (χ1) is 9.16. The molecule has 0 aromatic heterocycles. The van der Waals surface area contributed by atoms with Gasteiger partial charge in [-0.25, -0.2) is 8.78 Å². The predicted octanol–water partition coefficient (Wildman–Crippen LogP) is 4.37. The van der Waals surface area contributed by atoms with E-state index in [0.717, 1.165) is 22.9 Å². The van der Waals surface area contributed by atoms with Crippen molar-refractivity contribution in [1.29, 1.82) is 0 Å². The second-order valence-corrected chi connectivity index (χ2v) is 4.38. The highest BCUT2D eigenvalue weighted by Gasteiger charge is 2.12. The van der Waals surface area contributed by atoms with Crippen LogP contribution in [0.3, 0.4) is 0 Å². The number of hydrogen-bond donors (Lipinski definition) is 1. The maximum absolute atomic E-state index is 14.0. The van der Waals surface area contributed by atoms with Gasteiger partial charge in [0, 0.05) is 11.6 Å². The molecule has 19 heavy (non-hydrogen) atoms. The molecule has 0 saturated carbocycles. The number of fused-ring (bicyclic) bond motifs is 1. The first kappa shape index (κ1) is 11.7. The average Bonchev–Trinajstić information content (AvgIpc) is 2.42. The van der Waals surface area contributed by atoms with E-state index >= 15 is 0 Å². The number of hydrogen-bond acceptors (Lipinski definition) is 1. The van der Waals surface area contributed by atoms with Gasteiger partial charge in [0.15, 0.2) is 0 Å². The molecule has 0 unspecified atom stereocenters. The molecule has 0 amide bonds. The first-order valence-corrected chi connectivity index (χ1v) is 5.89. The summed E-state index contributed by atoms with van der Waals surface area (Å²) in [4.78, 5) is 0. The largest absolute Gasteiger partial charge is 0.396 e. The van der Waals surface area contributed by atoms with Crippen molar-refractivity contribution in [2.45, 2.75) is 0 Å². The van der Waals surface area contributed by atoms with Crippen LogP contribution in [-0.4, -0.2) is 0 Å². The lowest BCUT2D eigenvalue weighted by Gasteiger charge is -2.09. The Morgan fingerprint density at radius 2 is 1.47 bits per heavy atom. The Bertz CT molecular complexity index is 761. The minimum absolute atomic E-state index is 0.179. The van der Waals surface area contributed by atoms with Crippen molar-refractivity contribution in [2.75, 3.05) is 5.73 Å². The fourth-order valence-electron chi connectivity index (χ4n) is 2.23. The molecule has 1 nitrogen and oxygen atoms in total. The van der Waals surface area contributed by atoms with Crippen LogP contribution in [0.1, 0.15) is 0 Å². The lowest BCUT2D eigenvalue weighted by atomic mass is 9.97. The summed E-state index contributed by atoms with van der Waals surface area (Å²) in [5.74, 6) is -1.13. The zero-order chi connectivity index (χ0) is 13.4. The first-order valence-electron chi connectivity index (χ1n) is 5.89. The monoisotopic (exact) mass is 255 g/mol. The van der Waals surface area contributed by atoms with Crippen LogP contribution >= 0.6 is 0 Å². The van der Waals surface area contributed by atoms with Gasteiger partial charge in [0.05, 0.1) is 5.69 Å². The lowest BCUT2D eigenvalue weighted by molar-refractivity contribution is 0.607. The van der Waals surface area contributed by atoms with Gasteiger partial charge in [-0.1, -0.05) is 42.5 Å². The molecule has 0 fully saturated rings. The molecule has 3 rings (SSSR count). The normalized spacial score (nSPS) is 10.8. The molecule has 0 heterocycles. The van der Waals surface area contributed by atoms with E-state index in [1.165, 1.54) is 0 Å². The molecule has 0 aliphatic heterocycles. The summed E-state index contributed by atoms with van der Waals surface area (Å²) in [6, 6.07) is 15.3. The third-order valence-corrected chi connectivity index (χ3v) is 3.17. The van der Waals surface area contributed by atoms with E-state index in [-0.39, 0.29) is 11.3 Å².